The van der Waals surface area contributed by atoms with E-state index in [1.54, 1.807) is 12.1 Å². The number of hydrogen-bond donors (Lipinski definition) is 1. The molecule has 0 aliphatic rings. The Kier molecular flexibility index (Phi) is 4.29. The fraction of sp³-hybridized carbons (Fsp3) is 0.125. The highest BCUT2D eigenvalue weighted by Gasteiger charge is 2.12. The predicted octanol–water partition coefficient (Wildman–Crippen LogP) is 5.39. The normalized spacial score (nSPS) is 10.7. The van der Waals surface area contributed by atoms with Crippen molar-refractivity contribution >= 4 is 45.3 Å². The van der Waals surface area contributed by atoms with Gasteiger partial charge < -0.3 is 0 Å². The topological polar surface area (TPSA) is 42.0 Å². The van der Waals surface area contributed by atoms with E-state index in [2.05, 4.69) is 36.3 Å². The van der Waals surface area contributed by atoms with Gasteiger partial charge in [-0.3, -0.25) is 10.1 Å². The molecule has 0 radical (unpaired) electrons. The van der Waals surface area contributed by atoms with Gasteiger partial charge in [-0.1, -0.05) is 23.7 Å². The number of hydrogen-bond acceptors (Lipinski definition) is 4. The first kappa shape index (κ1) is 15.2. The molecule has 0 bridgehead atoms. The number of amides is 1. The molecule has 3 nitrogen and oxygen atoms in total. The molecule has 0 aliphatic carbocycles. The second-order valence-electron chi connectivity index (χ2n) is 4.89. The van der Waals surface area contributed by atoms with Crippen LogP contribution >= 0.6 is 34.3 Å². The van der Waals surface area contributed by atoms with Crippen molar-refractivity contribution in [2.75, 3.05) is 5.32 Å². The molecule has 1 N–H and O–H groups in total. The standard InChI is InChI=1S/C16H13ClN2OS2/c1-9-3-4-11(7-10(9)2)12-8-21-16(18-12)19-15(20)13-5-6-14(17)22-13/h3-8H,1-2H3,(H,18,19,20). The van der Waals surface area contributed by atoms with Crippen LogP contribution in [0.5, 0.6) is 0 Å². The minimum Gasteiger partial charge on any atom is -0.297 e. The number of aromatic nitrogens is 1. The van der Waals surface area contributed by atoms with Crippen LogP contribution in [-0.2, 0) is 0 Å². The van der Waals surface area contributed by atoms with E-state index in [-0.39, 0.29) is 5.91 Å². The number of nitrogens with one attached hydrogen (secondary N) is 1. The van der Waals surface area contributed by atoms with Crippen molar-refractivity contribution in [3.05, 3.63) is 56.1 Å². The van der Waals surface area contributed by atoms with E-state index >= 15 is 0 Å². The number of carbonyl (C=O) groups excluding carboxylic acids is 1. The lowest BCUT2D eigenvalue weighted by molar-refractivity contribution is 0.103. The van der Waals surface area contributed by atoms with Gasteiger partial charge in [0, 0.05) is 10.9 Å². The third kappa shape index (κ3) is 3.21. The number of thiophene rings is 1. The fourth-order valence-electron chi connectivity index (χ4n) is 1.96. The molecule has 112 valence electrons. The molecular formula is C16H13ClN2OS2. The molecule has 3 rings (SSSR count). The van der Waals surface area contributed by atoms with E-state index in [9.17, 15) is 4.79 Å². The fourth-order valence-corrected chi connectivity index (χ4v) is 3.61. The molecule has 3 aromatic rings. The zero-order chi connectivity index (χ0) is 15.7. The quantitative estimate of drug-likeness (QED) is 0.689. The number of aryl methyl sites for hydroxylation is 2. The van der Waals surface area contributed by atoms with E-state index < -0.39 is 0 Å². The van der Waals surface area contributed by atoms with E-state index in [0.29, 0.717) is 14.3 Å². The summed E-state index contributed by atoms with van der Waals surface area (Å²) in [7, 11) is 0. The van der Waals surface area contributed by atoms with Gasteiger partial charge in [-0.05, 0) is 43.2 Å². The van der Waals surface area contributed by atoms with Crippen molar-refractivity contribution in [3.8, 4) is 11.3 Å². The lowest BCUT2D eigenvalue weighted by atomic mass is 10.1. The summed E-state index contributed by atoms with van der Waals surface area (Å²) >= 11 is 8.51. The second kappa shape index (κ2) is 6.20. The first-order chi connectivity index (χ1) is 10.5. The number of carbonyl (C=O) groups is 1. The Morgan fingerprint density at radius 2 is 2.00 bits per heavy atom. The summed E-state index contributed by atoms with van der Waals surface area (Å²) in [6.45, 7) is 4.16. The number of thiazole rings is 1. The smallest absolute Gasteiger partial charge is 0.267 e. The van der Waals surface area contributed by atoms with Gasteiger partial charge >= 0.3 is 0 Å². The molecule has 2 heterocycles. The zero-order valence-electron chi connectivity index (χ0n) is 12.0. The summed E-state index contributed by atoms with van der Waals surface area (Å²) in [6, 6.07) is 9.65. The molecule has 0 spiro atoms. The van der Waals surface area contributed by atoms with Crippen LogP contribution in [0.3, 0.4) is 0 Å². The van der Waals surface area contributed by atoms with E-state index in [4.69, 9.17) is 11.6 Å². The molecule has 22 heavy (non-hydrogen) atoms. The molecule has 0 aliphatic heterocycles. The van der Waals surface area contributed by atoms with Gasteiger partial charge in [-0.15, -0.1) is 22.7 Å². The Labute approximate surface area is 141 Å². The third-order valence-electron chi connectivity index (χ3n) is 3.32. The average Bonchev–Trinajstić information content (AvgIpc) is 3.11. The molecule has 0 fully saturated rings. The van der Waals surface area contributed by atoms with Crippen molar-refractivity contribution in [1.82, 2.24) is 4.98 Å². The maximum absolute atomic E-state index is 12.1. The van der Waals surface area contributed by atoms with Gasteiger partial charge in [-0.2, -0.15) is 0 Å². The molecule has 1 aromatic carbocycles. The summed E-state index contributed by atoms with van der Waals surface area (Å²) in [5.74, 6) is -0.183. The molecule has 2 aromatic heterocycles. The van der Waals surface area contributed by atoms with Crippen molar-refractivity contribution in [3.63, 3.8) is 0 Å². The van der Waals surface area contributed by atoms with Crippen LogP contribution in [-0.4, -0.2) is 10.9 Å². The van der Waals surface area contributed by atoms with Crippen LogP contribution in [0.15, 0.2) is 35.7 Å². The largest absolute Gasteiger partial charge is 0.297 e. The van der Waals surface area contributed by atoms with E-state index in [1.807, 2.05) is 11.4 Å². The van der Waals surface area contributed by atoms with Crippen molar-refractivity contribution in [2.24, 2.45) is 0 Å². The van der Waals surface area contributed by atoms with E-state index in [0.717, 1.165) is 11.3 Å². The highest BCUT2D eigenvalue weighted by molar-refractivity contribution is 7.18. The maximum atomic E-state index is 12.1. The van der Waals surface area contributed by atoms with Crippen LogP contribution < -0.4 is 5.32 Å². The minimum atomic E-state index is -0.183. The molecule has 0 saturated heterocycles. The SMILES string of the molecule is Cc1ccc(-c2csc(NC(=O)c3ccc(Cl)s3)n2)cc1C. The summed E-state index contributed by atoms with van der Waals surface area (Å²) in [4.78, 5) is 17.1. The van der Waals surface area contributed by atoms with Crippen LogP contribution in [0.25, 0.3) is 11.3 Å². The summed E-state index contributed by atoms with van der Waals surface area (Å²) in [6.07, 6.45) is 0. The van der Waals surface area contributed by atoms with Gasteiger partial charge in [0.25, 0.3) is 5.91 Å². The molecule has 0 saturated carbocycles. The maximum Gasteiger partial charge on any atom is 0.267 e. The van der Waals surface area contributed by atoms with Crippen molar-refractivity contribution in [2.45, 2.75) is 13.8 Å². The highest BCUT2D eigenvalue weighted by Crippen LogP contribution is 2.28. The average molecular weight is 349 g/mol. The number of rotatable bonds is 3. The Hall–Kier alpha value is -1.69. The Morgan fingerprint density at radius 3 is 2.68 bits per heavy atom. The lowest BCUT2D eigenvalue weighted by Gasteiger charge is -2.02. The van der Waals surface area contributed by atoms with Crippen LogP contribution in [0.2, 0.25) is 4.34 Å². The molecular weight excluding hydrogens is 336 g/mol. The van der Waals surface area contributed by atoms with Gasteiger partial charge in [0.05, 0.1) is 14.9 Å². The van der Waals surface area contributed by atoms with Crippen molar-refractivity contribution < 1.29 is 4.79 Å². The van der Waals surface area contributed by atoms with Crippen LogP contribution in [0.1, 0.15) is 20.8 Å². The molecule has 6 heteroatoms. The van der Waals surface area contributed by atoms with Crippen molar-refractivity contribution in [1.29, 1.82) is 0 Å². The zero-order valence-corrected chi connectivity index (χ0v) is 14.4. The van der Waals surface area contributed by atoms with Gasteiger partial charge in [-0.25, -0.2) is 4.98 Å². The Balaban J connectivity index is 1.78. The number of halogens is 1. The minimum absolute atomic E-state index is 0.183. The number of benzene rings is 1. The predicted molar refractivity (Wildman–Crippen MR) is 94.3 cm³/mol. The Bertz CT molecular complexity index is 838. The monoisotopic (exact) mass is 348 g/mol. The van der Waals surface area contributed by atoms with E-state index in [1.165, 1.54) is 33.8 Å². The number of anilines is 1. The number of nitrogens with zero attached hydrogens (tertiary/aromatic N) is 1. The summed E-state index contributed by atoms with van der Waals surface area (Å²) < 4.78 is 0.597. The van der Waals surface area contributed by atoms with Gasteiger partial charge in [0.15, 0.2) is 5.13 Å². The summed E-state index contributed by atoms with van der Waals surface area (Å²) in [5, 5.41) is 5.34. The van der Waals surface area contributed by atoms with Crippen LogP contribution in [0, 0.1) is 13.8 Å². The lowest BCUT2D eigenvalue weighted by Crippen LogP contribution is -2.09. The molecule has 1 amide bonds. The first-order valence-corrected chi connectivity index (χ1v) is 8.70. The Morgan fingerprint density at radius 1 is 1.18 bits per heavy atom. The third-order valence-corrected chi connectivity index (χ3v) is 5.31. The van der Waals surface area contributed by atoms with Gasteiger partial charge in [0.1, 0.15) is 0 Å². The van der Waals surface area contributed by atoms with Gasteiger partial charge in [0.2, 0.25) is 0 Å². The molecule has 0 unspecified atom stereocenters. The van der Waals surface area contributed by atoms with Crippen LogP contribution in [0.4, 0.5) is 5.13 Å². The molecule has 0 atom stereocenters. The highest BCUT2D eigenvalue weighted by atomic mass is 35.5. The second-order valence-corrected chi connectivity index (χ2v) is 7.47. The first-order valence-electron chi connectivity index (χ1n) is 6.63. The summed E-state index contributed by atoms with van der Waals surface area (Å²) in [5.41, 5.74) is 4.40.